The van der Waals surface area contributed by atoms with Gasteiger partial charge in [0.1, 0.15) is 29.0 Å². The highest BCUT2D eigenvalue weighted by atomic mass is 35.5. The number of ether oxygens (including phenoxy) is 2. The number of carbonyl (C=O) groups is 1. The Hall–Kier alpha value is -2.88. The molecule has 0 N–H and O–H groups in total. The number of hydrogen-bond acceptors (Lipinski definition) is 7. The van der Waals surface area contributed by atoms with E-state index < -0.39 is 4.92 Å². The maximum absolute atomic E-state index is 12.6. The second-order valence-electron chi connectivity index (χ2n) is 6.19. The van der Waals surface area contributed by atoms with Crippen molar-refractivity contribution in [2.75, 3.05) is 19.8 Å². The largest absolute Gasteiger partial charge is 0.489 e. The third-order valence-corrected chi connectivity index (χ3v) is 5.80. The number of rotatable bonds is 9. The van der Waals surface area contributed by atoms with Crippen LogP contribution in [0, 0.1) is 10.1 Å². The zero-order chi connectivity index (χ0) is 22.4. The number of amides is 1. The van der Waals surface area contributed by atoms with Crippen LogP contribution >= 0.6 is 35.6 Å². The Balaban J connectivity index is 1.77. The van der Waals surface area contributed by atoms with Crippen LogP contribution in [0.15, 0.2) is 60.0 Å². The van der Waals surface area contributed by atoms with Gasteiger partial charge in [0.15, 0.2) is 0 Å². The number of nitrogens with zero attached hydrogens (tertiary/aromatic N) is 2. The van der Waals surface area contributed by atoms with E-state index in [9.17, 15) is 14.9 Å². The van der Waals surface area contributed by atoms with Crippen molar-refractivity contribution in [3.8, 4) is 11.5 Å². The summed E-state index contributed by atoms with van der Waals surface area (Å²) in [5.41, 5.74) is 0.276. The predicted octanol–water partition coefficient (Wildman–Crippen LogP) is 5.09. The molecule has 160 valence electrons. The van der Waals surface area contributed by atoms with Gasteiger partial charge in [-0.2, -0.15) is 0 Å². The van der Waals surface area contributed by atoms with E-state index in [0.29, 0.717) is 37.9 Å². The molecule has 2 aromatic rings. The summed E-state index contributed by atoms with van der Waals surface area (Å²) in [6.45, 7) is 4.29. The molecule has 1 heterocycles. The van der Waals surface area contributed by atoms with Crippen LogP contribution < -0.4 is 9.47 Å². The Morgan fingerprint density at radius 3 is 2.58 bits per heavy atom. The number of nitro benzene ring substituents is 1. The second kappa shape index (κ2) is 10.4. The van der Waals surface area contributed by atoms with E-state index in [1.165, 1.54) is 23.1 Å². The molecule has 0 unspecified atom stereocenters. The van der Waals surface area contributed by atoms with Crippen LogP contribution in [0.25, 0.3) is 6.08 Å². The third-order valence-electron chi connectivity index (χ3n) is 4.11. The standard InChI is InChI=1S/C21H17ClN2O5S2/c1-2-9-23-20(25)19(31-21(23)30)13-14-12-15(24(26)27)7-8-17(14)28-10-11-29-18-6-4-3-5-16(18)22/h2-8,12-13H,1,9-11H2/b19-13-. The predicted molar refractivity (Wildman–Crippen MR) is 126 cm³/mol. The van der Waals surface area contributed by atoms with Gasteiger partial charge in [0.05, 0.1) is 14.9 Å². The number of thiocarbonyl (C=S) groups is 1. The molecule has 0 bridgehead atoms. The minimum absolute atomic E-state index is 0.118. The molecule has 2 aromatic carbocycles. The number of para-hydroxylation sites is 1. The van der Waals surface area contributed by atoms with E-state index in [-0.39, 0.29) is 24.8 Å². The van der Waals surface area contributed by atoms with Gasteiger partial charge < -0.3 is 9.47 Å². The summed E-state index contributed by atoms with van der Waals surface area (Å²) in [4.78, 5) is 25.0. The van der Waals surface area contributed by atoms with Crippen LogP contribution in [-0.2, 0) is 4.79 Å². The lowest BCUT2D eigenvalue weighted by atomic mass is 10.1. The van der Waals surface area contributed by atoms with E-state index in [4.69, 9.17) is 33.3 Å². The average Bonchev–Trinajstić information content (AvgIpc) is 3.00. The number of nitro groups is 1. The van der Waals surface area contributed by atoms with Gasteiger partial charge in [0.2, 0.25) is 0 Å². The molecule has 0 atom stereocenters. The molecular formula is C21H17ClN2O5S2. The highest BCUT2D eigenvalue weighted by Gasteiger charge is 2.31. The molecule has 1 amide bonds. The smallest absolute Gasteiger partial charge is 0.270 e. The van der Waals surface area contributed by atoms with Gasteiger partial charge >= 0.3 is 0 Å². The lowest BCUT2D eigenvalue weighted by Crippen LogP contribution is -2.27. The summed E-state index contributed by atoms with van der Waals surface area (Å²) in [5.74, 6) is 0.624. The summed E-state index contributed by atoms with van der Waals surface area (Å²) in [6.07, 6.45) is 3.12. The number of carbonyl (C=O) groups excluding carboxylic acids is 1. The molecule has 3 rings (SSSR count). The van der Waals surface area contributed by atoms with E-state index in [1.807, 2.05) is 0 Å². The van der Waals surface area contributed by atoms with Crippen LogP contribution in [0.5, 0.6) is 11.5 Å². The first-order chi connectivity index (χ1) is 14.9. The van der Waals surface area contributed by atoms with Crippen molar-refractivity contribution in [1.82, 2.24) is 4.90 Å². The Kier molecular flexibility index (Phi) is 7.67. The van der Waals surface area contributed by atoms with Gasteiger partial charge in [-0.3, -0.25) is 19.8 Å². The maximum Gasteiger partial charge on any atom is 0.270 e. The number of non-ortho nitro benzene ring substituents is 1. The number of halogens is 1. The fourth-order valence-corrected chi connectivity index (χ4v) is 4.14. The van der Waals surface area contributed by atoms with Crippen molar-refractivity contribution in [1.29, 1.82) is 0 Å². The number of thioether (sulfide) groups is 1. The highest BCUT2D eigenvalue weighted by molar-refractivity contribution is 8.26. The minimum Gasteiger partial charge on any atom is -0.489 e. The Bertz CT molecular complexity index is 1070. The summed E-state index contributed by atoms with van der Waals surface area (Å²) < 4.78 is 11.8. The fraction of sp³-hybridized carbons (Fsp3) is 0.143. The Labute approximate surface area is 193 Å². The zero-order valence-electron chi connectivity index (χ0n) is 16.2. The topological polar surface area (TPSA) is 81.9 Å². The first-order valence-electron chi connectivity index (χ1n) is 9.05. The second-order valence-corrected chi connectivity index (χ2v) is 8.27. The molecule has 0 saturated carbocycles. The van der Waals surface area contributed by atoms with Gasteiger partial charge in [0.25, 0.3) is 11.6 Å². The van der Waals surface area contributed by atoms with Gasteiger partial charge in [-0.15, -0.1) is 6.58 Å². The molecule has 7 nitrogen and oxygen atoms in total. The Morgan fingerprint density at radius 1 is 1.19 bits per heavy atom. The van der Waals surface area contributed by atoms with Crippen molar-refractivity contribution in [2.45, 2.75) is 0 Å². The van der Waals surface area contributed by atoms with Crippen molar-refractivity contribution < 1.29 is 19.2 Å². The number of benzene rings is 2. The van der Waals surface area contributed by atoms with Crippen LogP contribution in [-0.4, -0.2) is 39.8 Å². The van der Waals surface area contributed by atoms with E-state index in [1.54, 1.807) is 36.4 Å². The third kappa shape index (κ3) is 5.63. The molecule has 1 fully saturated rings. The first-order valence-corrected chi connectivity index (χ1v) is 10.7. The Morgan fingerprint density at radius 2 is 1.90 bits per heavy atom. The maximum atomic E-state index is 12.6. The molecule has 0 aromatic heterocycles. The molecule has 0 aliphatic carbocycles. The summed E-state index contributed by atoms with van der Waals surface area (Å²) >= 11 is 12.4. The summed E-state index contributed by atoms with van der Waals surface area (Å²) in [7, 11) is 0. The molecule has 1 aliphatic heterocycles. The normalized spacial score (nSPS) is 14.7. The van der Waals surface area contributed by atoms with E-state index in [2.05, 4.69) is 6.58 Å². The van der Waals surface area contributed by atoms with Crippen molar-refractivity contribution in [3.63, 3.8) is 0 Å². The van der Waals surface area contributed by atoms with E-state index in [0.717, 1.165) is 11.8 Å². The van der Waals surface area contributed by atoms with Crippen LogP contribution in [0.1, 0.15) is 5.56 Å². The molecular weight excluding hydrogens is 460 g/mol. The molecule has 10 heteroatoms. The average molecular weight is 477 g/mol. The van der Waals surface area contributed by atoms with Crippen LogP contribution in [0.4, 0.5) is 5.69 Å². The van der Waals surface area contributed by atoms with Crippen molar-refractivity contribution in [3.05, 3.63) is 80.7 Å². The highest BCUT2D eigenvalue weighted by Crippen LogP contribution is 2.35. The van der Waals surface area contributed by atoms with Gasteiger partial charge in [0, 0.05) is 24.2 Å². The van der Waals surface area contributed by atoms with Gasteiger partial charge in [-0.05, 0) is 24.3 Å². The quantitative estimate of drug-likeness (QED) is 0.124. The van der Waals surface area contributed by atoms with Crippen molar-refractivity contribution >= 4 is 57.6 Å². The molecule has 0 spiro atoms. The SMILES string of the molecule is C=CCN1C(=O)/C(=C/c2cc([N+](=O)[O-])ccc2OCCOc2ccccc2Cl)SC1=S. The lowest BCUT2D eigenvalue weighted by Gasteiger charge is -2.12. The molecule has 0 radical (unpaired) electrons. The fourth-order valence-electron chi connectivity index (χ4n) is 2.69. The van der Waals surface area contributed by atoms with Crippen LogP contribution in [0.2, 0.25) is 5.02 Å². The number of hydrogen-bond donors (Lipinski definition) is 0. The van der Waals surface area contributed by atoms with Crippen molar-refractivity contribution in [2.24, 2.45) is 0 Å². The summed E-state index contributed by atoms with van der Waals surface area (Å²) in [6, 6.07) is 11.2. The van der Waals surface area contributed by atoms with Crippen LogP contribution in [0.3, 0.4) is 0 Å². The molecule has 31 heavy (non-hydrogen) atoms. The van der Waals surface area contributed by atoms with Gasteiger partial charge in [-0.25, -0.2) is 0 Å². The van der Waals surface area contributed by atoms with E-state index >= 15 is 0 Å². The minimum atomic E-state index is -0.509. The van der Waals surface area contributed by atoms with Gasteiger partial charge in [-0.1, -0.05) is 53.8 Å². The first kappa shape index (κ1) is 22.8. The monoisotopic (exact) mass is 476 g/mol. The lowest BCUT2D eigenvalue weighted by molar-refractivity contribution is -0.384. The zero-order valence-corrected chi connectivity index (χ0v) is 18.5. The molecule has 1 saturated heterocycles. The summed E-state index contributed by atoms with van der Waals surface area (Å²) in [5, 5.41) is 11.7. The molecule has 1 aliphatic rings.